The van der Waals surface area contributed by atoms with Crippen molar-refractivity contribution in [3.8, 4) is 0 Å². The molecule has 0 amide bonds. The van der Waals surface area contributed by atoms with Gasteiger partial charge in [-0.25, -0.2) is 0 Å². The van der Waals surface area contributed by atoms with Crippen molar-refractivity contribution in [2.24, 2.45) is 4.99 Å². The molecule has 1 aliphatic heterocycles. The van der Waals surface area contributed by atoms with Crippen molar-refractivity contribution < 1.29 is 9.15 Å². The summed E-state index contributed by atoms with van der Waals surface area (Å²) in [5, 5.41) is 7.99. The van der Waals surface area contributed by atoms with Gasteiger partial charge in [0.25, 0.3) is 0 Å². The second-order valence-electron chi connectivity index (χ2n) is 5.12. The number of hydrogen-bond acceptors (Lipinski definition) is 5. The summed E-state index contributed by atoms with van der Waals surface area (Å²) in [6, 6.07) is 0.0255. The molecule has 0 fully saturated rings. The number of aromatic nitrogens is 2. The zero-order valence-electron chi connectivity index (χ0n) is 11.6. The van der Waals surface area contributed by atoms with Gasteiger partial charge in [-0.1, -0.05) is 38.2 Å². The molecule has 0 bridgehead atoms. The van der Waals surface area contributed by atoms with E-state index in [1.165, 1.54) is 0 Å². The largest absolute Gasteiger partial charge is 0.422 e. The van der Waals surface area contributed by atoms with Gasteiger partial charge in [0.2, 0.25) is 11.8 Å². The monoisotopic (exact) mass is 271 g/mol. The molecule has 0 N–H and O–H groups in total. The predicted octanol–water partition coefficient (Wildman–Crippen LogP) is 2.58. The van der Waals surface area contributed by atoms with Crippen molar-refractivity contribution >= 4 is 6.21 Å². The molecule has 0 saturated carbocycles. The summed E-state index contributed by atoms with van der Waals surface area (Å²) in [7, 11) is 0. The Bertz CT molecular complexity index is 596. The zero-order valence-corrected chi connectivity index (χ0v) is 11.6. The van der Waals surface area contributed by atoms with Crippen LogP contribution in [-0.2, 0) is 11.3 Å². The Kier molecular flexibility index (Phi) is 3.60. The van der Waals surface area contributed by atoms with Crippen molar-refractivity contribution in [1.29, 1.82) is 0 Å². The first-order chi connectivity index (χ1) is 9.74. The molecule has 0 radical (unpaired) electrons. The van der Waals surface area contributed by atoms with Crippen LogP contribution in [0.4, 0.5) is 0 Å². The van der Waals surface area contributed by atoms with Crippen LogP contribution < -0.4 is 0 Å². The van der Waals surface area contributed by atoms with Crippen LogP contribution in [0.25, 0.3) is 0 Å². The number of aliphatic imine (C=N–C) groups is 1. The third-order valence-corrected chi connectivity index (χ3v) is 3.24. The Labute approximate surface area is 117 Å². The topological polar surface area (TPSA) is 60.5 Å². The molecule has 5 heteroatoms. The van der Waals surface area contributed by atoms with Gasteiger partial charge in [0.1, 0.15) is 18.8 Å². The van der Waals surface area contributed by atoms with Gasteiger partial charge in [0, 0.05) is 12.1 Å². The maximum absolute atomic E-state index is 5.86. The first-order valence-electron chi connectivity index (χ1n) is 6.76. The minimum Gasteiger partial charge on any atom is -0.422 e. The van der Waals surface area contributed by atoms with Crippen LogP contribution in [0.2, 0.25) is 0 Å². The van der Waals surface area contributed by atoms with Gasteiger partial charge < -0.3 is 9.15 Å². The van der Waals surface area contributed by atoms with Crippen LogP contribution in [0.5, 0.6) is 0 Å². The van der Waals surface area contributed by atoms with E-state index in [1.807, 2.05) is 32.1 Å². The first-order valence-corrected chi connectivity index (χ1v) is 6.76. The molecule has 2 unspecified atom stereocenters. The zero-order chi connectivity index (χ0) is 13.9. The first kappa shape index (κ1) is 13.0. The fourth-order valence-corrected chi connectivity index (χ4v) is 2.16. The third kappa shape index (κ3) is 2.63. The van der Waals surface area contributed by atoms with Crippen LogP contribution in [0.3, 0.4) is 0 Å². The summed E-state index contributed by atoms with van der Waals surface area (Å²) in [5.74, 6) is 1.38. The molecule has 3 rings (SSSR count). The summed E-state index contributed by atoms with van der Waals surface area (Å²) in [6.45, 7) is 4.34. The van der Waals surface area contributed by atoms with E-state index in [2.05, 4.69) is 27.3 Å². The lowest BCUT2D eigenvalue weighted by atomic mass is 9.95. The Morgan fingerprint density at radius 1 is 1.30 bits per heavy atom. The van der Waals surface area contributed by atoms with Crippen LogP contribution in [0, 0.1) is 0 Å². The highest BCUT2D eigenvalue weighted by atomic mass is 16.5. The molecule has 5 nitrogen and oxygen atoms in total. The number of rotatable bonds is 4. The van der Waals surface area contributed by atoms with Gasteiger partial charge in [0.05, 0.1) is 0 Å². The Balaban J connectivity index is 1.63. The van der Waals surface area contributed by atoms with E-state index in [0.29, 0.717) is 18.4 Å². The second kappa shape index (κ2) is 5.54. The Morgan fingerprint density at radius 2 is 2.20 bits per heavy atom. The van der Waals surface area contributed by atoms with Crippen LogP contribution in [-0.4, -0.2) is 28.6 Å². The number of allylic oxidation sites excluding steroid dienone is 3. The molecule has 2 atom stereocenters. The number of dihydropyridines is 1. The van der Waals surface area contributed by atoms with Crippen molar-refractivity contribution in [1.82, 2.24) is 10.2 Å². The number of nitrogens with zero attached hydrogens (tertiary/aromatic N) is 3. The lowest BCUT2D eigenvalue weighted by Gasteiger charge is -2.26. The Morgan fingerprint density at radius 3 is 3.00 bits per heavy atom. The lowest BCUT2D eigenvalue weighted by Crippen LogP contribution is -2.30. The van der Waals surface area contributed by atoms with Gasteiger partial charge >= 0.3 is 0 Å². The normalized spacial score (nSPS) is 24.1. The number of ether oxygens (including phenoxy) is 1. The van der Waals surface area contributed by atoms with E-state index in [4.69, 9.17) is 9.15 Å². The summed E-state index contributed by atoms with van der Waals surface area (Å²) in [6.07, 6.45) is 11.8. The molecule has 0 aromatic carbocycles. The van der Waals surface area contributed by atoms with Crippen molar-refractivity contribution in [2.45, 2.75) is 38.5 Å². The smallest absolute Gasteiger partial charge is 0.242 e. The molecular weight excluding hydrogens is 254 g/mol. The van der Waals surface area contributed by atoms with Crippen LogP contribution >= 0.6 is 0 Å². The van der Waals surface area contributed by atoms with E-state index in [0.717, 1.165) is 5.57 Å². The predicted molar refractivity (Wildman–Crippen MR) is 75.6 cm³/mol. The standard InChI is InChI=1S/C15H17N3O2/c1-10(2)15-18-17-13(20-15)9-19-12-7-3-5-11-6-4-8-16-14(11)12/h3-8,10,12,14H,9H2,1-2H3. The van der Waals surface area contributed by atoms with E-state index in [1.54, 1.807) is 6.21 Å². The van der Waals surface area contributed by atoms with Crippen molar-refractivity contribution in [2.75, 3.05) is 0 Å². The lowest BCUT2D eigenvalue weighted by molar-refractivity contribution is 0.0481. The quantitative estimate of drug-likeness (QED) is 0.844. The van der Waals surface area contributed by atoms with Gasteiger partial charge in [-0.05, 0) is 11.6 Å². The number of hydrogen-bond donors (Lipinski definition) is 0. The average molecular weight is 271 g/mol. The molecule has 0 spiro atoms. The SMILES string of the molecule is CC(C)c1nnc(COC2C=CC=C3C=CC=NC32)o1. The van der Waals surface area contributed by atoms with Gasteiger partial charge in [-0.15, -0.1) is 10.2 Å². The molecule has 1 aromatic rings. The van der Waals surface area contributed by atoms with Crippen molar-refractivity contribution in [3.05, 3.63) is 47.7 Å². The molecule has 0 saturated heterocycles. The molecule has 1 aromatic heterocycles. The van der Waals surface area contributed by atoms with Gasteiger partial charge in [0.15, 0.2) is 0 Å². The van der Waals surface area contributed by atoms with E-state index in [9.17, 15) is 0 Å². The van der Waals surface area contributed by atoms with E-state index >= 15 is 0 Å². The number of fused-ring (bicyclic) bond motifs is 1. The third-order valence-electron chi connectivity index (χ3n) is 3.24. The molecular formula is C15H17N3O2. The minimum absolute atomic E-state index is 0.0255. The average Bonchev–Trinajstić information content (AvgIpc) is 2.94. The fourth-order valence-electron chi connectivity index (χ4n) is 2.16. The highest BCUT2D eigenvalue weighted by Crippen LogP contribution is 2.23. The van der Waals surface area contributed by atoms with Gasteiger partial charge in [-0.3, -0.25) is 4.99 Å². The highest BCUT2D eigenvalue weighted by Gasteiger charge is 2.25. The molecule has 2 heterocycles. The molecule has 2 aliphatic rings. The maximum Gasteiger partial charge on any atom is 0.242 e. The highest BCUT2D eigenvalue weighted by molar-refractivity contribution is 5.75. The fraction of sp³-hybridized carbons (Fsp3) is 0.400. The summed E-state index contributed by atoms with van der Waals surface area (Å²) in [4.78, 5) is 4.46. The van der Waals surface area contributed by atoms with Crippen LogP contribution in [0.15, 0.2) is 45.4 Å². The van der Waals surface area contributed by atoms with Gasteiger partial charge in [-0.2, -0.15) is 0 Å². The van der Waals surface area contributed by atoms with E-state index < -0.39 is 0 Å². The minimum atomic E-state index is -0.0920. The molecule has 1 aliphatic carbocycles. The molecule has 104 valence electrons. The summed E-state index contributed by atoms with van der Waals surface area (Å²) >= 11 is 0. The maximum atomic E-state index is 5.86. The van der Waals surface area contributed by atoms with Crippen molar-refractivity contribution in [3.63, 3.8) is 0 Å². The van der Waals surface area contributed by atoms with E-state index in [-0.39, 0.29) is 18.1 Å². The van der Waals surface area contributed by atoms with Crippen LogP contribution in [0.1, 0.15) is 31.5 Å². The second-order valence-corrected chi connectivity index (χ2v) is 5.12. The summed E-state index contributed by atoms with van der Waals surface area (Å²) in [5.41, 5.74) is 1.16. The molecule has 20 heavy (non-hydrogen) atoms. The Hall–Kier alpha value is -2.01. The summed E-state index contributed by atoms with van der Waals surface area (Å²) < 4.78 is 11.4.